The Kier molecular flexibility index (Phi) is 3.58. The van der Waals surface area contributed by atoms with Crippen LogP contribution in [0, 0.1) is 11.6 Å². The maximum absolute atomic E-state index is 13.7. The number of fused-ring (bicyclic) bond motifs is 1. The van der Waals surface area contributed by atoms with E-state index < -0.39 is 0 Å². The monoisotopic (exact) mass is 313 g/mol. The van der Waals surface area contributed by atoms with Crippen LogP contribution in [-0.2, 0) is 0 Å². The molecule has 2 aromatic carbocycles. The van der Waals surface area contributed by atoms with Gasteiger partial charge in [0.05, 0.1) is 16.9 Å². The predicted molar refractivity (Wildman–Crippen MR) is 85.8 cm³/mol. The number of aromatic nitrogens is 2. The van der Waals surface area contributed by atoms with Gasteiger partial charge in [-0.15, -0.1) is 0 Å². The van der Waals surface area contributed by atoms with E-state index in [1.807, 2.05) is 0 Å². The van der Waals surface area contributed by atoms with Crippen LogP contribution >= 0.6 is 0 Å². The number of piperidine rings is 1. The van der Waals surface area contributed by atoms with E-state index in [0.717, 1.165) is 48.2 Å². The summed E-state index contributed by atoms with van der Waals surface area (Å²) in [5.41, 5.74) is 2.47. The second kappa shape index (κ2) is 5.74. The number of hydrogen-bond acceptors (Lipinski definition) is 2. The van der Waals surface area contributed by atoms with Gasteiger partial charge in [-0.3, -0.25) is 0 Å². The van der Waals surface area contributed by atoms with Gasteiger partial charge in [0, 0.05) is 17.4 Å². The van der Waals surface area contributed by atoms with E-state index in [-0.39, 0.29) is 11.6 Å². The van der Waals surface area contributed by atoms with Gasteiger partial charge in [0.1, 0.15) is 11.6 Å². The van der Waals surface area contributed by atoms with Crippen molar-refractivity contribution in [2.75, 3.05) is 13.1 Å². The summed E-state index contributed by atoms with van der Waals surface area (Å²) in [5, 5.41) is 9.08. The first-order valence-electron chi connectivity index (χ1n) is 7.87. The first-order valence-corrected chi connectivity index (χ1v) is 7.87. The van der Waals surface area contributed by atoms with E-state index in [1.54, 1.807) is 22.9 Å². The van der Waals surface area contributed by atoms with Crippen molar-refractivity contribution in [2.45, 2.75) is 18.8 Å². The number of benzene rings is 2. The maximum Gasteiger partial charge on any atom is 0.125 e. The molecule has 0 atom stereocenters. The van der Waals surface area contributed by atoms with E-state index in [9.17, 15) is 8.78 Å². The van der Waals surface area contributed by atoms with Gasteiger partial charge in [-0.25, -0.2) is 13.5 Å². The molecule has 2 heterocycles. The Bertz CT molecular complexity index is 833. The number of nitrogens with zero attached hydrogens (tertiary/aromatic N) is 2. The fourth-order valence-corrected chi connectivity index (χ4v) is 3.29. The van der Waals surface area contributed by atoms with Gasteiger partial charge in [-0.2, -0.15) is 5.10 Å². The molecule has 0 saturated carbocycles. The largest absolute Gasteiger partial charge is 0.317 e. The minimum atomic E-state index is -0.296. The molecule has 4 rings (SSSR count). The van der Waals surface area contributed by atoms with Gasteiger partial charge in [0.15, 0.2) is 0 Å². The average molecular weight is 313 g/mol. The Labute approximate surface area is 132 Å². The van der Waals surface area contributed by atoms with Crippen LogP contribution < -0.4 is 5.32 Å². The Morgan fingerprint density at radius 1 is 0.957 bits per heavy atom. The molecule has 0 amide bonds. The molecule has 1 aromatic heterocycles. The smallest absolute Gasteiger partial charge is 0.125 e. The van der Waals surface area contributed by atoms with Gasteiger partial charge >= 0.3 is 0 Å². The van der Waals surface area contributed by atoms with Crippen molar-refractivity contribution in [3.05, 3.63) is 59.8 Å². The predicted octanol–water partition coefficient (Wildman–Crippen LogP) is 3.77. The van der Waals surface area contributed by atoms with Crippen molar-refractivity contribution in [1.82, 2.24) is 15.1 Å². The van der Waals surface area contributed by atoms with Crippen molar-refractivity contribution >= 4 is 10.9 Å². The van der Waals surface area contributed by atoms with Gasteiger partial charge in [0.25, 0.3) is 0 Å². The maximum atomic E-state index is 13.7. The number of nitrogens with one attached hydrogen (secondary N) is 1. The van der Waals surface area contributed by atoms with Gasteiger partial charge in [-0.05, 0) is 62.3 Å². The summed E-state index contributed by atoms with van der Waals surface area (Å²) in [6.45, 7) is 1.94. The van der Waals surface area contributed by atoms with Crippen LogP contribution in [0.1, 0.15) is 24.5 Å². The minimum absolute atomic E-state index is 0.294. The molecule has 1 fully saturated rings. The Balaban J connectivity index is 1.89. The highest BCUT2D eigenvalue weighted by Crippen LogP contribution is 2.32. The van der Waals surface area contributed by atoms with Crippen LogP contribution in [0.5, 0.6) is 0 Å². The van der Waals surface area contributed by atoms with Crippen molar-refractivity contribution in [3.8, 4) is 5.69 Å². The van der Waals surface area contributed by atoms with Crippen LogP contribution in [-0.4, -0.2) is 22.9 Å². The second-order valence-corrected chi connectivity index (χ2v) is 5.96. The van der Waals surface area contributed by atoms with E-state index >= 15 is 0 Å². The summed E-state index contributed by atoms with van der Waals surface area (Å²) in [5.74, 6) is -0.224. The zero-order valence-corrected chi connectivity index (χ0v) is 12.6. The lowest BCUT2D eigenvalue weighted by Gasteiger charge is -2.21. The number of halogens is 2. The van der Waals surface area contributed by atoms with Crippen LogP contribution in [0.15, 0.2) is 42.5 Å². The van der Waals surface area contributed by atoms with Crippen molar-refractivity contribution in [3.63, 3.8) is 0 Å². The van der Waals surface area contributed by atoms with Crippen molar-refractivity contribution < 1.29 is 8.78 Å². The second-order valence-electron chi connectivity index (χ2n) is 5.96. The zero-order chi connectivity index (χ0) is 15.8. The third-order valence-electron chi connectivity index (χ3n) is 4.47. The molecule has 5 heteroatoms. The Morgan fingerprint density at radius 3 is 2.39 bits per heavy atom. The van der Waals surface area contributed by atoms with Crippen LogP contribution in [0.2, 0.25) is 0 Å². The SMILES string of the molecule is Fc1ccc(-n2nc(C3CCNCC3)c3ccc(F)cc32)cc1. The standard InChI is InChI=1S/C18H17F2N3/c19-13-1-4-15(5-2-13)23-17-11-14(20)3-6-16(17)18(22-23)12-7-9-21-10-8-12/h1-6,11-12,21H,7-10H2. The summed E-state index contributed by atoms with van der Waals surface area (Å²) < 4.78 is 28.6. The lowest BCUT2D eigenvalue weighted by Crippen LogP contribution is -2.26. The fraction of sp³-hybridized carbons (Fsp3) is 0.278. The zero-order valence-electron chi connectivity index (χ0n) is 12.6. The summed E-state index contributed by atoms with van der Waals surface area (Å²) in [6.07, 6.45) is 2.04. The van der Waals surface area contributed by atoms with E-state index in [0.29, 0.717) is 5.92 Å². The van der Waals surface area contributed by atoms with Crippen molar-refractivity contribution in [1.29, 1.82) is 0 Å². The molecule has 0 unspecified atom stereocenters. The molecule has 1 saturated heterocycles. The molecule has 0 radical (unpaired) electrons. The minimum Gasteiger partial charge on any atom is -0.317 e. The molecule has 3 aromatic rings. The molecule has 0 spiro atoms. The summed E-state index contributed by atoms with van der Waals surface area (Å²) in [6, 6.07) is 10.9. The molecule has 23 heavy (non-hydrogen) atoms. The highest BCUT2D eigenvalue weighted by atomic mass is 19.1. The van der Waals surface area contributed by atoms with Gasteiger partial charge in [-0.1, -0.05) is 0 Å². The number of rotatable bonds is 2. The molecule has 1 aliphatic rings. The number of hydrogen-bond donors (Lipinski definition) is 1. The first-order chi connectivity index (χ1) is 11.2. The quantitative estimate of drug-likeness (QED) is 0.780. The lowest BCUT2D eigenvalue weighted by atomic mass is 9.92. The van der Waals surface area contributed by atoms with E-state index in [4.69, 9.17) is 5.10 Å². The van der Waals surface area contributed by atoms with E-state index in [2.05, 4.69) is 5.32 Å². The molecule has 0 bridgehead atoms. The van der Waals surface area contributed by atoms with Crippen molar-refractivity contribution in [2.24, 2.45) is 0 Å². The Hall–Kier alpha value is -2.27. The first kappa shape index (κ1) is 14.3. The third-order valence-corrected chi connectivity index (χ3v) is 4.47. The van der Waals surface area contributed by atoms with Crippen LogP contribution in [0.3, 0.4) is 0 Å². The third kappa shape index (κ3) is 2.61. The molecule has 1 aliphatic heterocycles. The summed E-state index contributed by atoms with van der Waals surface area (Å²) >= 11 is 0. The molecule has 1 N–H and O–H groups in total. The average Bonchev–Trinajstić information content (AvgIpc) is 2.95. The van der Waals surface area contributed by atoms with Gasteiger partial charge < -0.3 is 5.32 Å². The topological polar surface area (TPSA) is 29.9 Å². The van der Waals surface area contributed by atoms with E-state index in [1.165, 1.54) is 24.3 Å². The Morgan fingerprint density at radius 2 is 1.65 bits per heavy atom. The van der Waals surface area contributed by atoms with Crippen LogP contribution in [0.25, 0.3) is 16.6 Å². The molecular formula is C18H17F2N3. The fourth-order valence-electron chi connectivity index (χ4n) is 3.29. The molecule has 0 aliphatic carbocycles. The van der Waals surface area contributed by atoms with Gasteiger partial charge in [0.2, 0.25) is 0 Å². The highest BCUT2D eigenvalue weighted by Gasteiger charge is 2.22. The molecule has 118 valence electrons. The molecular weight excluding hydrogens is 296 g/mol. The van der Waals surface area contributed by atoms with Crippen LogP contribution in [0.4, 0.5) is 8.78 Å². The lowest BCUT2D eigenvalue weighted by molar-refractivity contribution is 0.453. The highest BCUT2D eigenvalue weighted by molar-refractivity contribution is 5.84. The summed E-state index contributed by atoms with van der Waals surface area (Å²) in [4.78, 5) is 0. The molecule has 3 nitrogen and oxygen atoms in total. The normalized spacial score (nSPS) is 16.1. The summed E-state index contributed by atoms with van der Waals surface area (Å²) in [7, 11) is 0.